The average Bonchev–Trinajstić information content (AvgIpc) is 3.21. The molecule has 0 bridgehead atoms. The van der Waals surface area contributed by atoms with Gasteiger partial charge in [0.2, 0.25) is 5.91 Å². The molecule has 2 aromatic carbocycles. The van der Waals surface area contributed by atoms with Crippen molar-refractivity contribution in [2.75, 3.05) is 7.11 Å². The van der Waals surface area contributed by atoms with Crippen LogP contribution < -0.4 is 9.46 Å². The molecule has 0 aliphatic carbocycles. The molecule has 1 N–H and O–H groups in total. The largest absolute Gasteiger partial charge is 0.497 e. The summed E-state index contributed by atoms with van der Waals surface area (Å²) in [7, 11) is -2.55. The number of hydrogen-bond donors (Lipinski definition) is 1. The number of ether oxygens (including phenoxy) is 1. The fraction of sp³-hybridized carbons (Fsp3) is 0.100. The minimum atomic E-state index is -4.14. The number of hydrogen-bond acceptors (Lipinski definition) is 8. The van der Waals surface area contributed by atoms with Crippen LogP contribution in [0.1, 0.15) is 5.69 Å². The third-order valence-corrected chi connectivity index (χ3v) is 6.36. The van der Waals surface area contributed by atoms with Crippen molar-refractivity contribution in [3.8, 4) is 16.3 Å². The van der Waals surface area contributed by atoms with Gasteiger partial charge in [0.1, 0.15) is 10.8 Å². The number of sulfonamides is 1. The molecular weight excluding hydrogens is 424 g/mol. The van der Waals surface area contributed by atoms with Gasteiger partial charge in [0, 0.05) is 10.9 Å². The first kappa shape index (κ1) is 19.9. The summed E-state index contributed by atoms with van der Waals surface area (Å²) >= 11 is 1.37. The lowest BCUT2D eigenvalue weighted by Gasteiger charge is -2.06. The molecule has 0 radical (unpaired) electrons. The van der Waals surface area contributed by atoms with Crippen LogP contribution in [0.2, 0.25) is 0 Å². The smallest absolute Gasteiger partial charge is 0.283 e. The molecule has 1 amide bonds. The van der Waals surface area contributed by atoms with E-state index >= 15 is 0 Å². The lowest BCUT2D eigenvalue weighted by Crippen LogP contribution is -2.32. The van der Waals surface area contributed by atoms with Gasteiger partial charge >= 0.3 is 0 Å². The molecule has 10 heteroatoms. The van der Waals surface area contributed by atoms with E-state index in [0.29, 0.717) is 16.7 Å². The van der Waals surface area contributed by atoms with E-state index in [4.69, 9.17) is 4.74 Å². The van der Waals surface area contributed by atoms with Gasteiger partial charge in [-0.2, -0.15) is 8.42 Å². The first-order chi connectivity index (χ1) is 14.4. The lowest BCUT2D eigenvalue weighted by molar-refractivity contribution is -0.118. The van der Waals surface area contributed by atoms with Crippen molar-refractivity contribution in [1.29, 1.82) is 0 Å². The number of amides is 1. The van der Waals surface area contributed by atoms with Crippen molar-refractivity contribution in [3.63, 3.8) is 0 Å². The van der Waals surface area contributed by atoms with Crippen molar-refractivity contribution in [3.05, 3.63) is 65.8 Å². The summed E-state index contributed by atoms with van der Waals surface area (Å²) in [6, 6.07) is 14.3. The maximum atomic E-state index is 12.5. The van der Waals surface area contributed by atoms with Crippen LogP contribution in [0.5, 0.6) is 5.75 Å². The maximum Gasteiger partial charge on any atom is 0.283 e. The molecule has 8 nitrogen and oxygen atoms in total. The molecule has 4 rings (SSSR count). The molecule has 2 heterocycles. The number of thiazole rings is 1. The summed E-state index contributed by atoms with van der Waals surface area (Å²) in [6.45, 7) is 0. The zero-order valence-electron chi connectivity index (χ0n) is 15.8. The Hall–Kier alpha value is -3.37. The van der Waals surface area contributed by atoms with Crippen molar-refractivity contribution < 1.29 is 17.9 Å². The summed E-state index contributed by atoms with van der Waals surface area (Å²) in [5, 5.41) is 2.14. The Morgan fingerprint density at radius 3 is 2.53 bits per heavy atom. The van der Waals surface area contributed by atoms with Crippen LogP contribution in [-0.2, 0) is 21.2 Å². The van der Waals surface area contributed by atoms with Crippen LogP contribution >= 0.6 is 11.3 Å². The van der Waals surface area contributed by atoms with Crippen molar-refractivity contribution in [2.45, 2.75) is 11.4 Å². The number of nitrogens with zero attached hydrogens (tertiary/aromatic N) is 3. The van der Waals surface area contributed by atoms with Crippen molar-refractivity contribution >= 4 is 38.3 Å². The van der Waals surface area contributed by atoms with Gasteiger partial charge in [-0.3, -0.25) is 9.78 Å². The second-order valence-electron chi connectivity index (χ2n) is 6.27. The minimum absolute atomic E-state index is 0.174. The molecule has 0 fully saturated rings. The number of para-hydroxylation sites is 2. The molecular formula is C20H16N4O4S2. The van der Waals surface area contributed by atoms with Crippen LogP contribution in [0.15, 0.2) is 65.1 Å². The number of aromatic nitrogens is 3. The summed E-state index contributed by atoms with van der Waals surface area (Å²) in [5.41, 5.74) is 2.35. The Bertz CT molecular complexity index is 1320. The fourth-order valence-corrected chi connectivity index (χ4v) is 4.44. The predicted molar refractivity (Wildman–Crippen MR) is 113 cm³/mol. The van der Waals surface area contributed by atoms with Crippen LogP contribution in [0.4, 0.5) is 0 Å². The van der Waals surface area contributed by atoms with Crippen LogP contribution in [-0.4, -0.2) is 36.4 Å². The molecule has 0 atom stereocenters. The quantitative estimate of drug-likeness (QED) is 0.491. The van der Waals surface area contributed by atoms with E-state index in [-0.39, 0.29) is 11.4 Å². The minimum Gasteiger partial charge on any atom is -0.497 e. The standard InChI is InChI=1S/C20H16N4O4S2/c1-28-15-8-6-13(7-9-15)20-22-14(12-29-20)10-18(25)24-30(26,27)19-11-21-16-4-2-3-5-17(16)23-19/h2-9,11-12H,10H2,1H3,(H,24,25). The molecule has 0 unspecified atom stereocenters. The first-order valence-corrected chi connectivity index (χ1v) is 11.2. The van der Waals surface area contributed by atoms with E-state index < -0.39 is 15.9 Å². The Balaban J connectivity index is 1.46. The highest BCUT2D eigenvalue weighted by Gasteiger charge is 2.21. The second-order valence-corrected chi connectivity index (χ2v) is 8.76. The van der Waals surface area contributed by atoms with E-state index in [2.05, 4.69) is 15.0 Å². The predicted octanol–water partition coefficient (Wildman–Crippen LogP) is 2.81. The van der Waals surface area contributed by atoms with Crippen molar-refractivity contribution in [2.24, 2.45) is 0 Å². The van der Waals surface area contributed by atoms with E-state index in [0.717, 1.165) is 22.5 Å². The molecule has 4 aromatic rings. The third kappa shape index (κ3) is 4.29. The van der Waals surface area contributed by atoms with Crippen LogP contribution in [0, 0.1) is 0 Å². The van der Waals surface area contributed by atoms with Crippen molar-refractivity contribution in [1.82, 2.24) is 19.7 Å². The van der Waals surface area contributed by atoms with Gasteiger partial charge in [-0.15, -0.1) is 11.3 Å². The zero-order valence-corrected chi connectivity index (χ0v) is 17.4. The Morgan fingerprint density at radius 1 is 1.07 bits per heavy atom. The highest BCUT2D eigenvalue weighted by Crippen LogP contribution is 2.26. The summed E-state index contributed by atoms with van der Waals surface area (Å²) in [6.07, 6.45) is 0.954. The third-order valence-electron chi connectivity index (χ3n) is 4.18. The van der Waals surface area contributed by atoms with E-state index in [9.17, 15) is 13.2 Å². The number of fused-ring (bicyclic) bond motifs is 1. The molecule has 30 heavy (non-hydrogen) atoms. The Labute approximate surface area is 176 Å². The number of benzene rings is 2. The first-order valence-electron chi connectivity index (χ1n) is 8.81. The van der Waals surface area contributed by atoms with Gasteiger partial charge in [0.05, 0.1) is 36.5 Å². The maximum absolute atomic E-state index is 12.5. The fourth-order valence-electron chi connectivity index (χ4n) is 2.73. The SMILES string of the molecule is COc1ccc(-c2nc(CC(=O)NS(=O)(=O)c3cnc4ccccc4n3)cs2)cc1. The molecule has 0 aliphatic rings. The molecule has 2 aromatic heterocycles. The van der Waals surface area contributed by atoms with Crippen LogP contribution in [0.3, 0.4) is 0 Å². The van der Waals surface area contributed by atoms with Gasteiger partial charge in [-0.25, -0.2) is 14.7 Å². The number of nitrogens with one attached hydrogen (secondary N) is 1. The molecule has 0 aliphatic heterocycles. The number of carbonyl (C=O) groups is 1. The highest BCUT2D eigenvalue weighted by atomic mass is 32.2. The zero-order chi connectivity index (χ0) is 21.1. The van der Waals surface area contributed by atoms with Gasteiger partial charge < -0.3 is 4.74 Å². The second kappa shape index (κ2) is 8.17. The average molecular weight is 441 g/mol. The highest BCUT2D eigenvalue weighted by molar-refractivity contribution is 7.90. The Kier molecular flexibility index (Phi) is 5.42. The van der Waals surface area contributed by atoms with E-state index in [1.54, 1.807) is 36.8 Å². The summed E-state index contributed by atoms with van der Waals surface area (Å²) in [4.78, 5) is 24.9. The molecule has 0 spiro atoms. The number of rotatable bonds is 6. The Morgan fingerprint density at radius 2 is 1.80 bits per heavy atom. The monoisotopic (exact) mass is 440 g/mol. The lowest BCUT2D eigenvalue weighted by atomic mass is 10.2. The van der Waals surface area contributed by atoms with Gasteiger partial charge in [0.15, 0.2) is 5.03 Å². The molecule has 0 saturated carbocycles. The van der Waals surface area contributed by atoms with E-state index in [1.807, 2.05) is 29.0 Å². The normalized spacial score (nSPS) is 11.4. The topological polar surface area (TPSA) is 111 Å². The van der Waals surface area contributed by atoms with Gasteiger partial charge in [-0.1, -0.05) is 12.1 Å². The van der Waals surface area contributed by atoms with Gasteiger partial charge in [-0.05, 0) is 36.4 Å². The van der Waals surface area contributed by atoms with Gasteiger partial charge in [0.25, 0.3) is 10.0 Å². The number of methoxy groups -OCH3 is 1. The molecule has 152 valence electrons. The number of carbonyl (C=O) groups excluding carboxylic acids is 1. The summed E-state index contributed by atoms with van der Waals surface area (Å²) in [5.74, 6) is 0.0356. The molecule has 0 saturated heterocycles. The van der Waals surface area contributed by atoms with Crippen LogP contribution in [0.25, 0.3) is 21.6 Å². The summed E-state index contributed by atoms with van der Waals surface area (Å²) < 4.78 is 32.2. The van der Waals surface area contributed by atoms with E-state index in [1.165, 1.54) is 11.3 Å².